The van der Waals surface area contributed by atoms with Crippen molar-refractivity contribution in [3.05, 3.63) is 89.6 Å². The van der Waals surface area contributed by atoms with Crippen LogP contribution in [0.15, 0.2) is 78.5 Å². The number of benzene rings is 2. The highest BCUT2D eigenvalue weighted by atomic mass is 16.5. The van der Waals surface area contributed by atoms with Crippen LogP contribution in [0.1, 0.15) is 47.6 Å². The molecule has 2 amide bonds. The zero-order valence-corrected chi connectivity index (χ0v) is 32.0. The number of hydrogen-bond donors (Lipinski definition) is 2. The summed E-state index contributed by atoms with van der Waals surface area (Å²) in [4.78, 5) is 87.1. The summed E-state index contributed by atoms with van der Waals surface area (Å²) in [7, 11) is 7.62. The maximum atomic E-state index is 11.4. The molecule has 300 valence electrons. The third-order valence-corrected chi connectivity index (χ3v) is 6.34. The summed E-state index contributed by atoms with van der Waals surface area (Å²) >= 11 is 0. The lowest BCUT2D eigenvalue weighted by Crippen LogP contribution is -2.41. The molecule has 2 rings (SSSR count). The predicted molar refractivity (Wildman–Crippen MR) is 200 cm³/mol. The van der Waals surface area contributed by atoms with Gasteiger partial charge in [-0.25, -0.2) is 14.4 Å². The maximum absolute atomic E-state index is 11.4. The third kappa shape index (κ3) is 24.0. The van der Waals surface area contributed by atoms with E-state index in [1.165, 1.54) is 56.5 Å². The van der Waals surface area contributed by atoms with Gasteiger partial charge in [0, 0.05) is 28.7 Å². The van der Waals surface area contributed by atoms with Crippen molar-refractivity contribution in [1.82, 2.24) is 10.6 Å². The number of hydrogen-bond acceptors (Lipinski definition) is 14. The molecule has 0 aliphatic heterocycles. The first kappa shape index (κ1) is 49.8. The molecule has 2 unspecified atom stereocenters. The van der Waals surface area contributed by atoms with E-state index < -0.39 is 47.8 Å². The Balaban J connectivity index is -0.000000324. The molecule has 2 aromatic carbocycles. The first-order valence-electron chi connectivity index (χ1n) is 16.0. The van der Waals surface area contributed by atoms with Crippen LogP contribution in [0.3, 0.4) is 0 Å². The Morgan fingerprint density at radius 1 is 0.667 bits per heavy atom. The minimum atomic E-state index is -0.620. The fourth-order valence-electron chi connectivity index (χ4n) is 3.67. The largest absolute Gasteiger partial charge is 0.469 e. The second-order valence-corrected chi connectivity index (χ2v) is 10.7. The molecular weight excluding hydrogens is 708 g/mol. The van der Waals surface area contributed by atoms with E-state index in [-0.39, 0.29) is 38.8 Å². The molecule has 16 heteroatoms. The molecule has 2 N–H and O–H groups in total. The van der Waals surface area contributed by atoms with Gasteiger partial charge in [0.15, 0.2) is 0 Å². The van der Waals surface area contributed by atoms with Gasteiger partial charge in [-0.1, -0.05) is 74.2 Å². The number of esters is 6. The molecule has 0 heterocycles. The summed E-state index contributed by atoms with van der Waals surface area (Å²) in [5.74, 6) is -3.86. The van der Waals surface area contributed by atoms with Crippen LogP contribution in [0.4, 0.5) is 0 Å². The molecule has 2 atom stereocenters. The standard InChI is InChI=1S/C12H15NO3.C12H13NO3.C7H12O4.C7H10O4.2H2/c2*1-9(14)13-11(12(15)16-2)8-10-6-4-3-5-7-10;2*1-5(7(9)11-3)4-6(8)10-2;;/h3-7,11H,8H2,1-2H3,(H,13,14);3-8H,1-2H3,(H,13,14);5H,4H2,1-3H3;1,4H2,2-3H3;2*1H/b;11-8-;;;;. The molecule has 0 saturated carbocycles. The monoisotopic (exact) mass is 762 g/mol. The number of amides is 2. The Morgan fingerprint density at radius 3 is 1.59 bits per heavy atom. The Labute approximate surface area is 318 Å². The number of carbonyl (C=O) groups excluding carboxylic acids is 8. The number of methoxy groups -OCH3 is 6. The first-order chi connectivity index (χ1) is 25.5. The quantitative estimate of drug-likeness (QED) is 0.170. The number of ether oxygens (including phenoxy) is 6. The van der Waals surface area contributed by atoms with Gasteiger partial charge >= 0.3 is 35.8 Å². The van der Waals surface area contributed by atoms with Gasteiger partial charge in [0.2, 0.25) is 11.8 Å². The molecule has 0 saturated heterocycles. The molecule has 0 fully saturated rings. The van der Waals surface area contributed by atoms with Crippen molar-refractivity contribution in [2.24, 2.45) is 5.92 Å². The van der Waals surface area contributed by atoms with Crippen LogP contribution in [0.2, 0.25) is 0 Å². The molecule has 0 radical (unpaired) electrons. The summed E-state index contributed by atoms with van der Waals surface area (Å²) in [6.07, 6.45) is 1.95. The van der Waals surface area contributed by atoms with Gasteiger partial charge < -0.3 is 39.1 Å². The third-order valence-electron chi connectivity index (χ3n) is 6.34. The number of carbonyl (C=O) groups is 8. The highest BCUT2D eigenvalue weighted by Crippen LogP contribution is 2.07. The Bertz CT molecular complexity index is 1570. The van der Waals surface area contributed by atoms with Crippen molar-refractivity contribution >= 4 is 53.7 Å². The van der Waals surface area contributed by atoms with Crippen molar-refractivity contribution < 1.29 is 69.6 Å². The van der Waals surface area contributed by atoms with Crippen molar-refractivity contribution in [1.29, 1.82) is 0 Å². The average Bonchev–Trinajstić information content (AvgIpc) is 3.16. The Morgan fingerprint density at radius 2 is 1.17 bits per heavy atom. The van der Waals surface area contributed by atoms with Crippen LogP contribution in [0.5, 0.6) is 0 Å². The summed E-state index contributed by atoms with van der Waals surface area (Å²) in [5, 5.41) is 4.99. The molecule has 0 spiro atoms. The first-order valence-corrected chi connectivity index (χ1v) is 16.0. The molecule has 0 aliphatic rings. The van der Waals surface area contributed by atoms with E-state index >= 15 is 0 Å². The molecule has 16 nitrogen and oxygen atoms in total. The van der Waals surface area contributed by atoms with Crippen molar-refractivity contribution in [2.45, 2.75) is 46.1 Å². The van der Waals surface area contributed by atoms with E-state index in [0.717, 1.165) is 11.1 Å². The van der Waals surface area contributed by atoms with Crippen molar-refractivity contribution in [2.75, 3.05) is 42.7 Å². The SMILES string of the molecule is C=C(CC(=O)OC)C(=O)OC.COC(=O)/C(=C/c1ccccc1)NC(C)=O.COC(=O)C(Cc1ccccc1)NC(C)=O.COC(=O)CC(C)C(=O)OC.[HH].[HH]. The molecule has 54 heavy (non-hydrogen) atoms. The highest BCUT2D eigenvalue weighted by Gasteiger charge is 2.20. The summed E-state index contributed by atoms with van der Waals surface area (Å²) in [5.41, 5.74) is 2.02. The summed E-state index contributed by atoms with van der Waals surface area (Å²) < 4.78 is 26.6. The Hall–Kier alpha value is -6.32. The van der Waals surface area contributed by atoms with E-state index in [1.807, 2.05) is 60.7 Å². The van der Waals surface area contributed by atoms with Gasteiger partial charge in [0.1, 0.15) is 11.7 Å². The van der Waals surface area contributed by atoms with E-state index in [2.05, 4.69) is 45.6 Å². The van der Waals surface area contributed by atoms with Gasteiger partial charge in [-0.15, -0.1) is 0 Å². The number of nitrogens with one attached hydrogen (secondary N) is 2. The molecule has 0 aromatic heterocycles. The lowest BCUT2D eigenvalue weighted by molar-refractivity contribution is -0.151. The van der Waals surface area contributed by atoms with Gasteiger partial charge in [0.25, 0.3) is 0 Å². The highest BCUT2D eigenvalue weighted by molar-refractivity contribution is 5.97. The smallest absolute Gasteiger partial charge is 0.354 e. The van der Waals surface area contributed by atoms with E-state index in [0.29, 0.717) is 6.42 Å². The lowest BCUT2D eigenvalue weighted by Gasteiger charge is -2.15. The molecule has 0 aliphatic carbocycles. The minimum Gasteiger partial charge on any atom is -0.469 e. The topological polar surface area (TPSA) is 216 Å². The molecule has 2 aromatic rings. The van der Waals surface area contributed by atoms with Crippen LogP contribution in [0, 0.1) is 5.92 Å². The zero-order chi connectivity index (χ0) is 41.6. The van der Waals surface area contributed by atoms with Gasteiger partial charge in [0.05, 0.1) is 61.4 Å². The van der Waals surface area contributed by atoms with Gasteiger partial charge in [-0.05, 0) is 17.2 Å². The van der Waals surface area contributed by atoms with Crippen LogP contribution in [0.25, 0.3) is 6.08 Å². The second-order valence-electron chi connectivity index (χ2n) is 10.7. The van der Waals surface area contributed by atoms with Crippen LogP contribution in [-0.2, 0) is 73.2 Å². The predicted octanol–water partition coefficient (Wildman–Crippen LogP) is 3.37. The fraction of sp³-hybridized carbons (Fsp3) is 0.368. The number of rotatable bonds is 13. The van der Waals surface area contributed by atoms with E-state index in [1.54, 1.807) is 13.0 Å². The van der Waals surface area contributed by atoms with Crippen LogP contribution < -0.4 is 10.6 Å². The lowest BCUT2D eigenvalue weighted by atomic mass is 10.1. The Kier molecular flexibility index (Phi) is 27.0. The van der Waals surface area contributed by atoms with Gasteiger partial charge in [-0.3, -0.25) is 24.0 Å². The summed E-state index contributed by atoms with van der Waals surface area (Å²) in [6, 6.07) is 18.1. The van der Waals surface area contributed by atoms with Crippen LogP contribution in [-0.4, -0.2) is 96.3 Å². The second kappa shape index (κ2) is 29.3. The maximum Gasteiger partial charge on any atom is 0.354 e. The van der Waals surface area contributed by atoms with E-state index in [4.69, 9.17) is 0 Å². The van der Waals surface area contributed by atoms with Gasteiger partial charge in [-0.2, -0.15) is 0 Å². The van der Waals surface area contributed by atoms with Crippen LogP contribution >= 0.6 is 0 Å². The van der Waals surface area contributed by atoms with Crippen molar-refractivity contribution in [3.63, 3.8) is 0 Å². The molecular formula is C38H54N2O14. The minimum absolute atomic E-state index is 0. The molecule has 0 bridgehead atoms. The normalized spacial score (nSPS) is 10.8. The average molecular weight is 763 g/mol. The fourth-order valence-corrected chi connectivity index (χ4v) is 3.67. The van der Waals surface area contributed by atoms with E-state index in [9.17, 15) is 38.4 Å². The summed E-state index contributed by atoms with van der Waals surface area (Å²) in [6.45, 7) is 7.66. The van der Waals surface area contributed by atoms with Crippen molar-refractivity contribution in [3.8, 4) is 0 Å². The zero-order valence-electron chi connectivity index (χ0n) is 32.0.